The van der Waals surface area contributed by atoms with Gasteiger partial charge in [-0.1, -0.05) is 24.6 Å². The van der Waals surface area contributed by atoms with Crippen LogP contribution in [0.3, 0.4) is 0 Å². The van der Waals surface area contributed by atoms with E-state index in [9.17, 15) is 0 Å². The molecule has 0 radical (unpaired) electrons. The maximum Gasteiger partial charge on any atom is 0.0550 e. The Balaban J connectivity index is 0.00000225. The van der Waals surface area contributed by atoms with Crippen LogP contribution in [0.1, 0.15) is 37.3 Å². The minimum Gasteiger partial charge on any atom is -0.310 e. The van der Waals surface area contributed by atoms with E-state index in [-0.39, 0.29) is 12.4 Å². The smallest absolute Gasteiger partial charge is 0.0550 e. The number of hydrogen-bond acceptors (Lipinski definition) is 4. The second kappa shape index (κ2) is 9.97. The van der Waals surface area contributed by atoms with Crippen LogP contribution >= 0.6 is 23.9 Å². The molecular formula is C23H26ClN3S. The van der Waals surface area contributed by atoms with E-state index in [1.807, 2.05) is 18.6 Å². The van der Waals surface area contributed by atoms with Crippen molar-refractivity contribution in [2.75, 3.05) is 0 Å². The summed E-state index contributed by atoms with van der Waals surface area (Å²) in [6.45, 7) is 3.20. The lowest BCUT2D eigenvalue weighted by molar-refractivity contribution is 0.489. The van der Waals surface area contributed by atoms with Crippen LogP contribution in [0.15, 0.2) is 61.1 Å². The van der Waals surface area contributed by atoms with Gasteiger partial charge < -0.3 is 5.32 Å². The summed E-state index contributed by atoms with van der Waals surface area (Å²) in [5.74, 6) is 0. The Morgan fingerprint density at radius 1 is 0.929 bits per heavy atom. The Morgan fingerprint density at radius 3 is 2.71 bits per heavy atom. The van der Waals surface area contributed by atoms with Crippen molar-refractivity contribution in [1.29, 1.82) is 0 Å². The van der Waals surface area contributed by atoms with Gasteiger partial charge in [0.2, 0.25) is 0 Å². The van der Waals surface area contributed by atoms with Gasteiger partial charge in [0.15, 0.2) is 0 Å². The summed E-state index contributed by atoms with van der Waals surface area (Å²) in [6.07, 6.45) is 10.6. The molecule has 5 heteroatoms. The fraction of sp³-hybridized carbons (Fsp3) is 0.304. The van der Waals surface area contributed by atoms with Gasteiger partial charge in [0.1, 0.15) is 0 Å². The number of benzene rings is 2. The number of halogens is 1. The molecule has 146 valence electrons. The molecule has 28 heavy (non-hydrogen) atoms. The first-order valence-corrected chi connectivity index (χ1v) is 10.4. The second-order valence-corrected chi connectivity index (χ2v) is 8.12. The van der Waals surface area contributed by atoms with E-state index in [2.05, 4.69) is 64.1 Å². The third-order valence-corrected chi connectivity index (χ3v) is 5.91. The van der Waals surface area contributed by atoms with Crippen molar-refractivity contribution in [2.24, 2.45) is 0 Å². The molecule has 1 N–H and O–H groups in total. The molecule has 0 spiro atoms. The molecule has 4 aromatic rings. The summed E-state index contributed by atoms with van der Waals surface area (Å²) in [5.41, 5.74) is 2.76. The minimum absolute atomic E-state index is 0. The average Bonchev–Trinajstić information content (AvgIpc) is 3.17. The van der Waals surface area contributed by atoms with Crippen LogP contribution in [0.5, 0.6) is 0 Å². The molecule has 2 heterocycles. The molecule has 0 amide bonds. The summed E-state index contributed by atoms with van der Waals surface area (Å²) in [5, 5.41) is 7.40. The van der Waals surface area contributed by atoms with E-state index in [1.54, 1.807) is 11.5 Å². The van der Waals surface area contributed by atoms with Crippen molar-refractivity contribution in [3.8, 4) is 0 Å². The van der Waals surface area contributed by atoms with Gasteiger partial charge in [0.25, 0.3) is 0 Å². The number of aryl methyl sites for hydroxylation is 1. The number of nitrogens with one attached hydrogen (secondary N) is 1. The molecule has 0 bridgehead atoms. The van der Waals surface area contributed by atoms with Crippen molar-refractivity contribution in [3.05, 3.63) is 72.2 Å². The quantitative estimate of drug-likeness (QED) is 0.353. The Hall–Kier alpha value is -2.01. The molecule has 0 aliphatic heterocycles. The fourth-order valence-corrected chi connectivity index (χ4v) is 4.12. The molecular weight excluding hydrogens is 386 g/mol. The molecule has 4 rings (SSSR count). The topological polar surface area (TPSA) is 37.8 Å². The van der Waals surface area contributed by atoms with E-state index in [4.69, 9.17) is 0 Å². The van der Waals surface area contributed by atoms with Crippen LogP contribution in [0, 0.1) is 0 Å². The highest BCUT2D eigenvalue weighted by Crippen LogP contribution is 2.20. The van der Waals surface area contributed by atoms with Gasteiger partial charge >= 0.3 is 0 Å². The predicted molar refractivity (Wildman–Crippen MR) is 122 cm³/mol. The number of fused-ring (bicyclic) bond motifs is 2. The SMILES string of the molecule is C[C@H](CCCCc1ccc2sncc2c1)NCc1ccc2cnccc2c1.Cl. The van der Waals surface area contributed by atoms with Crippen LogP contribution < -0.4 is 5.32 Å². The van der Waals surface area contributed by atoms with Gasteiger partial charge in [0, 0.05) is 41.9 Å². The van der Waals surface area contributed by atoms with Gasteiger partial charge in [-0.15, -0.1) is 12.4 Å². The normalized spacial score (nSPS) is 12.2. The van der Waals surface area contributed by atoms with Crippen LogP contribution in [-0.2, 0) is 13.0 Å². The molecule has 0 saturated heterocycles. The molecule has 0 unspecified atom stereocenters. The first-order chi connectivity index (χ1) is 13.3. The molecule has 0 aliphatic rings. The van der Waals surface area contributed by atoms with Gasteiger partial charge in [-0.2, -0.15) is 4.37 Å². The first-order valence-electron chi connectivity index (χ1n) is 9.67. The van der Waals surface area contributed by atoms with E-state index in [0.29, 0.717) is 6.04 Å². The fourth-order valence-electron chi connectivity index (χ4n) is 3.49. The standard InChI is InChI=1S/C23H25N3S.ClH/c1-17(25-14-19-6-8-21-15-24-11-10-20(21)13-19)4-2-3-5-18-7-9-23-22(12-18)16-26-27-23;/h6-13,15-17,25H,2-5,14H2,1H3;1H/t17-;/m1./s1. The number of aromatic nitrogens is 2. The van der Waals surface area contributed by atoms with Crippen molar-refractivity contribution in [3.63, 3.8) is 0 Å². The van der Waals surface area contributed by atoms with E-state index in [0.717, 1.165) is 13.0 Å². The average molecular weight is 412 g/mol. The summed E-state index contributed by atoms with van der Waals surface area (Å²) < 4.78 is 5.53. The first kappa shape index (κ1) is 20.7. The van der Waals surface area contributed by atoms with Crippen molar-refractivity contribution in [1.82, 2.24) is 14.7 Å². The molecule has 0 saturated carbocycles. The van der Waals surface area contributed by atoms with Crippen LogP contribution in [0.2, 0.25) is 0 Å². The highest BCUT2D eigenvalue weighted by molar-refractivity contribution is 7.13. The van der Waals surface area contributed by atoms with Crippen LogP contribution in [-0.4, -0.2) is 15.4 Å². The lowest BCUT2D eigenvalue weighted by Gasteiger charge is -2.14. The Bertz CT molecular complexity index is 1030. The van der Waals surface area contributed by atoms with Crippen LogP contribution in [0.25, 0.3) is 20.9 Å². The van der Waals surface area contributed by atoms with Gasteiger partial charge in [-0.25, -0.2) is 0 Å². The number of unbranched alkanes of at least 4 members (excludes halogenated alkanes) is 1. The second-order valence-electron chi connectivity index (χ2n) is 7.28. The number of rotatable bonds is 8. The maximum atomic E-state index is 4.25. The summed E-state index contributed by atoms with van der Waals surface area (Å²) >= 11 is 1.57. The Morgan fingerprint density at radius 2 is 1.79 bits per heavy atom. The molecule has 2 aromatic carbocycles. The minimum atomic E-state index is 0. The Kier molecular flexibility index (Phi) is 7.37. The molecule has 1 atom stereocenters. The van der Waals surface area contributed by atoms with E-state index in [1.165, 1.54) is 51.2 Å². The zero-order chi connectivity index (χ0) is 18.5. The lowest BCUT2D eigenvalue weighted by atomic mass is 10.0. The molecule has 2 aromatic heterocycles. The highest BCUT2D eigenvalue weighted by atomic mass is 35.5. The molecule has 0 fully saturated rings. The van der Waals surface area contributed by atoms with Gasteiger partial charge in [-0.3, -0.25) is 4.98 Å². The number of pyridine rings is 1. The number of nitrogens with zero attached hydrogens (tertiary/aromatic N) is 2. The van der Waals surface area contributed by atoms with E-state index < -0.39 is 0 Å². The van der Waals surface area contributed by atoms with Crippen molar-refractivity contribution >= 4 is 44.8 Å². The third kappa shape index (κ3) is 5.28. The summed E-state index contributed by atoms with van der Waals surface area (Å²) in [7, 11) is 0. The van der Waals surface area contributed by atoms with Crippen molar-refractivity contribution < 1.29 is 0 Å². The highest BCUT2D eigenvalue weighted by Gasteiger charge is 2.04. The third-order valence-electron chi connectivity index (χ3n) is 5.13. The van der Waals surface area contributed by atoms with Crippen molar-refractivity contribution in [2.45, 2.75) is 45.2 Å². The van der Waals surface area contributed by atoms with Gasteiger partial charge in [0.05, 0.1) is 4.70 Å². The summed E-state index contributed by atoms with van der Waals surface area (Å²) in [6, 6.07) is 15.9. The molecule has 0 aliphatic carbocycles. The zero-order valence-electron chi connectivity index (χ0n) is 16.1. The number of hydrogen-bond donors (Lipinski definition) is 1. The zero-order valence-corrected chi connectivity index (χ0v) is 17.7. The largest absolute Gasteiger partial charge is 0.310 e. The van der Waals surface area contributed by atoms with E-state index >= 15 is 0 Å². The summed E-state index contributed by atoms with van der Waals surface area (Å²) in [4.78, 5) is 4.17. The maximum absolute atomic E-state index is 4.25. The molecule has 3 nitrogen and oxygen atoms in total. The lowest BCUT2D eigenvalue weighted by Crippen LogP contribution is -2.25. The van der Waals surface area contributed by atoms with Crippen LogP contribution in [0.4, 0.5) is 0 Å². The Labute approximate surface area is 176 Å². The van der Waals surface area contributed by atoms with Gasteiger partial charge in [-0.05, 0) is 78.5 Å². The predicted octanol–water partition coefficient (Wildman–Crippen LogP) is 6.16. The monoisotopic (exact) mass is 411 g/mol.